The van der Waals surface area contributed by atoms with Crippen molar-refractivity contribution >= 4 is 28.8 Å². The Labute approximate surface area is 195 Å². The molecular formula is C23H24FN7OS. The number of halogens is 1. The minimum absolute atomic E-state index is 0.0608. The highest BCUT2D eigenvalue weighted by Crippen LogP contribution is 2.34. The average Bonchev–Trinajstić information content (AvgIpc) is 3.39. The van der Waals surface area contributed by atoms with E-state index in [2.05, 4.69) is 38.7 Å². The Morgan fingerprint density at radius 2 is 1.91 bits per heavy atom. The molecule has 2 aromatic carbocycles. The summed E-state index contributed by atoms with van der Waals surface area (Å²) in [6.45, 7) is 5.75. The highest BCUT2D eigenvalue weighted by Gasteiger charge is 2.32. The van der Waals surface area contributed by atoms with E-state index in [1.165, 1.54) is 12.1 Å². The van der Waals surface area contributed by atoms with E-state index in [1.807, 2.05) is 15.8 Å². The first-order valence-corrected chi connectivity index (χ1v) is 11.5. The van der Waals surface area contributed by atoms with Crippen molar-refractivity contribution in [2.45, 2.75) is 24.9 Å². The molecule has 170 valence electrons. The van der Waals surface area contributed by atoms with Crippen molar-refractivity contribution in [1.82, 2.24) is 34.0 Å². The number of nitrogens with zero attached hydrogens (tertiary/aromatic N) is 7. The summed E-state index contributed by atoms with van der Waals surface area (Å²) < 4.78 is 17.4. The van der Waals surface area contributed by atoms with Gasteiger partial charge in [0.1, 0.15) is 5.82 Å². The SMILES string of the molecule is CC(=O)N1CCN(Sc2cnn(C)n2)CC1c1cc2cnn(-c3ccc(F)cc3)c2cc1C. The molecule has 1 fully saturated rings. The van der Waals surface area contributed by atoms with Crippen molar-refractivity contribution < 1.29 is 9.18 Å². The molecule has 0 N–H and O–H groups in total. The Hall–Kier alpha value is -3.24. The van der Waals surface area contributed by atoms with Gasteiger partial charge in [-0.1, -0.05) is 0 Å². The fourth-order valence-electron chi connectivity index (χ4n) is 4.33. The van der Waals surface area contributed by atoms with Gasteiger partial charge in [0.05, 0.1) is 29.6 Å². The minimum Gasteiger partial charge on any atom is -0.333 e. The molecule has 3 heterocycles. The summed E-state index contributed by atoms with van der Waals surface area (Å²) in [5.74, 6) is -0.218. The molecule has 5 rings (SSSR count). The number of piperazine rings is 1. The average molecular weight is 466 g/mol. The quantitative estimate of drug-likeness (QED) is 0.430. The fraction of sp³-hybridized carbons (Fsp3) is 0.304. The summed E-state index contributed by atoms with van der Waals surface area (Å²) in [5.41, 5.74) is 3.92. The van der Waals surface area contributed by atoms with Gasteiger partial charge >= 0.3 is 0 Å². The van der Waals surface area contributed by atoms with E-state index in [0.717, 1.165) is 39.3 Å². The van der Waals surface area contributed by atoms with Gasteiger partial charge in [-0.05, 0) is 66.4 Å². The van der Waals surface area contributed by atoms with Gasteiger partial charge in [0.2, 0.25) is 5.91 Å². The molecule has 8 nitrogen and oxygen atoms in total. The van der Waals surface area contributed by atoms with Crippen LogP contribution in [0.5, 0.6) is 0 Å². The molecule has 1 unspecified atom stereocenters. The molecule has 0 radical (unpaired) electrons. The van der Waals surface area contributed by atoms with Gasteiger partial charge in [-0.25, -0.2) is 13.4 Å². The number of hydrogen-bond donors (Lipinski definition) is 0. The van der Waals surface area contributed by atoms with E-state index in [4.69, 9.17) is 0 Å². The molecule has 0 bridgehead atoms. The van der Waals surface area contributed by atoms with Crippen LogP contribution in [0.1, 0.15) is 24.1 Å². The largest absolute Gasteiger partial charge is 0.333 e. The van der Waals surface area contributed by atoms with E-state index in [9.17, 15) is 9.18 Å². The van der Waals surface area contributed by atoms with Crippen LogP contribution in [-0.4, -0.2) is 59.5 Å². The second-order valence-electron chi connectivity index (χ2n) is 8.18. The topological polar surface area (TPSA) is 72.1 Å². The molecule has 2 aromatic heterocycles. The Bertz CT molecular complexity index is 1320. The van der Waals surface area contributed by atoms with Gasteiger partial charge in [0.25, 0.3) is 0 Å². The Kier molecular flexibility index (Phi) is 5.63. The fourth-order valence-corrected chi connectivity index (χ4v) is 5.23. The number of benzene rings is 2. The maximum Gasteiger partial charge on any atom is 0.220 e. The number of amides is 1. The summed E-state index contributed by atoms with van der Waals surface area (Å²) in [6.07, 6.45) is 3.56. The van der Waals surface area contributed by atoms with Crippen LogP contribution in [0.15, 0.2) is 53.8 Å². The van der Waals surface area contributed by atoms with Crippen LogP contribution in [0.3, 0.4) is 0 Å². The second kappa shape index (κ2) is 8.60. The Morgan fingerprint density at radius 1 is 1.12 bits per heavy atom. The van der Waals surface area contributed by atoms with Crippen LogP contribution in [0, 0.1) is 12.7 Å². The highest BCUT2D eigenvalue weighted by molar-refractivity contribution is 7.97. The van der Waals surface area contributed by atoms with Gasteiger partial charge in [0, 0.05) is 39.0 Å². The standard InChI is InChI=1S/C23H24FN7OS/c1-15-10-21-17(12-26-31(21)19-6-4-18(24)5-7-19)11-20(15)22-14-29(8-9-30(22)16(2)32)33-23-13-25-28(3)27-23/h4-7,10-13,22H,8-9,14H2,1-3H3. The predicted molar refractivity (Wildman–Crippen MR) is 124 cm³/mol. The van der Waals surface area contributed by atoms with Crippen molar-refractivity contribution in [2.75, 3.05) is 19.6 Å². The van der Waals surface area contributed by atoms with E-state index in [0.29, 0.717) is 13.1 Å². The first-order chi connectivity index (χ1) is 15.9. The third-order valence-electron chi connectivity index (χ3n) is 5.93. The third-order valence-corrected chi connectivity index (χ3v) is 6.90. The monoisotopic (exact) mass is 465 g/mol. The van der Waals surface area contributed by atoms with Crippen LogP contribution in [0.2, 0.25) is 0 Å². The molecule has 0 spiro atoms. The van der Waals surface area contributed by atoms with Crippen LogP contribution in [0.4, 0.5) is 4.39 Å². The van der Waals surface area contributed by atoms with Gasteiger partial charge in [0.15, 0.2) is 5.03 Å². The Balaban J connectivity index is 1.48. The molecule has 4 aromatic rings. The van der Waals surface area contributed by atoms with Crippen molar-refractivity contribution in [3.8, 4) is 5.69 Å². The van der Waals surface area contributed by atoms with Crippen LogP contribution >= 0.6 is 11.9 Å². The molecule has 1 aliphatic heterocycles. The predicted octanol–water partition coefficient (Wildman–Crippen LogP) is 3.51. The molecule has 0 saturated carbocycles. The smallest absolute Gasteiger partial charge is 0.220 e. The maximum atomic E-state index is 13.4. The first kappa shape index (κ1) is 21.6. The second-order valence-corrected chi connectivity index (χ2v) is 9.30. The van der Waals surface area contributed by atoms with Crippen molar-refractivity contribution in [3.05, 3.63) is 65.7 Å². The normalized spacial score (nSPS) is 17.1. The van der Waals surface area contributed by atoms with Crippen molar-refractivity contribution in [3.63, 3.8) is 0 Å². The van der Waals surface area contributed by atoms with Crippen LogP contribution in [0.25, 0.3) is 16.6 Å². The van der Waals surface area contributed by atoms with Gasteiger partial charge in [-0.3, -0.25) is 4.79 Å². The van der Waals surface area contributed by atoms with Crippen LogP contribution in [-0.2, 0) is 11.8 Å². The van der Waals surface area contributed by atoms with Crippen molar-refractivity contribution in [1.29, 1.82) is 0 Å². The highest BCUT2D eigenvalue weighted by atomic mass is 32.2. The number of hydrogen-bond acceptors (Lipinski definition) is 6. The molecular weight excluding hydrogens is 441 g/mol. The zero-order valence-electron chi connectivity index (χ0n) is 18.6. The minimum atomic E-state index is -0.279. The molecule has 1 aliphatic rings. The molecule has 1 amide bonds. The molecule has 33 heavy (non-hydrogen) atoms. The number of fused-ring (bicyclic) bond motifs is 1. The number of aryl methyl sites for hydroxylation is 2. The van der Waals surface area contributed by atoms with Gasteiger partial charge < -0.3 is 4.90 Å². The third kappa shape index (κ3) is 4.23. The number of rotatable bonds is 4. The van der Waals surface area contributed by atoms with E-state index in [-0.39, 0.29) is 17.8 Å². The molecule has 1 saturated heterocycles. The molecule has 0 aliphatic carbocycles. The zero-order valence-corrected chi connectivity index (χ0v) is 19.5. The molecule has 10 heteroatoms. The summed E-state index contributed by atoms with van der Waals surface area (Å²) in [5, 5.41) is 14.8. The number of carbonyl (C=O) groups excluding carboxylic acids is 1. The summed E-state index contributed by atoms with van der Waals surface area (Å²) in [7, 11) is 1.80. The summed E-state index contributed by atoms with van der Waals surface area (Å²) >= 11 is 1.56. The lowest BCUT2D eigenvalue weighted by Gasteiger charge is -2.41. The summed E-state index contributed by atoms with van der Waals surface area (Å²) in [4.78, 5) is 16.0. The zero-order chi connectivity index (χ0) is 23.1. The number of aromatic nitrogens is 5. The lowest BCUT2D eigenvalue weighted by Crippen LogP contribution is -2.47. The first-order valence-electron chi connectivity index (χ1n) is 10.7. The maximum absolute atomic E-state index is 13.4. The van der Waals surface area contributed by atoms with E-state index >= 15 is 0 Å². The molecule has 1 atom stereocenters. The van der Waals surface area contributed by atoms with Gasteiger partial charge in [-0.2, -0.15) is 15.0 Å². The Morgan fingerprint density at radius 3 is 2.61 bits per heavy atom. The van der Waals surface area contributed by atoms with E-state index < -0.39 is 0 Å². The van der Waals surface area contributed by atoms with Crippen molar-refractivity contribution in [2.24, 2.45) is 7.05 Å². The van der Waals surface area contributed by atoms with Crippen LogP contribution < -0.4 is 0 Å². The number of carbonyl (C=O) groups is 1. The lowest BCUT2D eigenvalue weighted by molar-refractivity contribution is -0.133. The van der Waals surface area contributed by atoms with Gasteiger partial charge in [-0.15, -0.1) is 5.10 Å². The lowest BCUT2D eigenvalue weighted by atomic mass is 9.96. The van der Waals surface area contributed by atoms with E-state index in [1.54, 1.807) is 49.0 Å². The summed E-state index contributed by atoms with van der Waals surface area (Å²) in [6, 6.07) is 10.4.